The molecule has 0 aliphatic carbocycles. The highest BCUT2D eigenvalue weighted by molar-refractivity contribution is 7.78. The molecule has 4 rings (SSSR count). The molecule has 0 aromatic heterocycles. The first-order valence-electron chi connectivity index (χ1n) is 10.2. The summed E-state index contributed by atoms with van der Waals surface area (Å²) in [7, 11) is 0. The average molecular weight is 432 g/mol. The highest BCUT2D eigenvalue weighted by atomic mass is 32.2. The second-order valence-corrected chi connectivity index (χ2v) is 8.81. The van der Waals surface area contributed by atoms with E-state index in [4.69, 9.17) is 4.74 Å². The van der Waals surface area contributed by atoms with Crippen molar-refractivity contribution in [1.29, 1.82) is 0 Å². The molecule has 2 unspecified atom stereocenters. The molecule has 1 heterocycles. The molecule has 158 valence electrons. The number of benzene rings is 3. The molecule has 0 fully saturated rings. The van der Waals surface area contributed by atoms with Crippen molar-refractivity contribution in [3.63, 3.8) is 0 Å². The number of carbonyl (C=O) groups is 1. The van der Waals surface area contributed by atoms with Crippen LogP contribution in [-0.2, 0) is 21.6 Å². The molecule has 0 N–H and O–H groups in total. The number of ether oxygens (including phenoxy) is 1. The lowest BCUT2D eigenvalue weighted by Crippen LogP contribution is -2.15. The van der Waals surface area contributed by atoms with Crippen LogP contribution >= 0.6 is 0 Å². The Morgan fingerprint density at radius 2 is 1.61 bits per heavy atom. The van der Waals surface area contributed by atoms with E-state index in [1.54, 1.807) is 12.1 Å². The Bertz CT molecular complexity index is 1140. The van der Waals surface area contributed by atoms with Crippen LogP contribution in [0.3, 0.4) is 0 Å². The zero-order chi connectivity index (χ0) is 22.0. The maximum absolute atomic E-state index is 12.3. The summed E-state index contributed by atoms with van der Waals surface area (Å²) >= 11 is -2.15. The summed E-state index contributed by atoms with van der Waals surface area (Å²) in [6.07, 6.45) is 0.960. The van der Waals surface area contributed by atoms with Gasteiger partial charge in [-0.25, -0.2) is 0 Å². The SMILES string of the molecule is CC(C)c1ccc(C2=C(c3ccc(CS(=O)[O-])cc3)Oc3ccccc3C2C=O)cc1. The summed E-state index contributed by atoms with van der Waals surface area (Å²) in [4.78, 5) is 12.3. The Balaban J connectivity index is 1.87. The number of carbonyl (C=O) groups excluding carboxylic acids is 1. The number of allylic oxidation sites excluding steroid dienone is 1. The van der Waals surface area contributed by atoms with Gasteiger partial charge in [0.2, 0.25) is 0 Å². The lowest BCUT2D eigenvalue weighted by Gasteiger charge is -2.28. The molecule has 1 aliphatic heterocycles. The van der Waals surface area contributed by atoms with Crippen molar-refractivity contribution in [3.8, 4) is 5.75 Å². The van der Waals surface area contributed by atoms with Crippen LogP contribution < -0.4 is 4.74 Å². The topological polar surface area (TPSA) is 66.4 Å². The molecule has 0 amide bonds. The number of rotatable bonds is 6. The Morgan fingerprint density at radius 1 is 0.968 bits per heavy atom. The normalized spacial score (nSPS) is 16.6. The predicted molar refractivity (Wildman–Crippen MR) is 122 cm³/mol. The molecule has 0 spiro atoms. The summed E-state index contributed by atoms with van der Waals surface area (Å²) in [5.74, 6) is 1.18. The monoisotopic (exact) mass is 431 g/mol. The van der Waals surface area contributed by atoms with E-state index in [-0.39, 0.29) is 5.75 Å². The van der Waals surface area contributed by atoms with Crippen molar-refractivity contribution in [2.45, 2.75) is 31.4 Å². The van der Waals surface area contributed by atoms with E-state index in [2.05, 4.69) is 26.0 Å². The summed E-state index contributed by atoms with van der Waals surface area (Å²) < 4.78 is 28.3. The van der Waals surface area contributed by atoms with Gasteiger partial charge in [-0.2, -0.15) is 0 Å². The van der Waals surface area contributed by atoms with E-state index in [1.165, 1.54) is 5.56 Å². The van der Waals surface area contributed by atoms with Gasteiger partial charge in [-0.05, 0) is 28.7 Å². The van der Waals surface area contributed by atoms with Crippen molar-refractivity contribution in [2.24, 2.45) is 0 Å². The molecule has 0 radical (unpaired) electrons. The molecule has 5 heteroatoms. The average Bonchev–Trinajstić information content (AvgIpc) is 2.78. The van der Waals surface area contributed by atoms with Crippen LogP contribution in [-0.4, -0.2) is 15.0 Å². The van der Waals surface area contributed by atoms with Gasteiger partial charge in [-0.1, -0.05) is 91.7 Å². The van der Waals surface area contributed by atoms with Crippen LogP contribution in [0.2, 0.25) is 0 Å². The van der Waals surface area contributed by atoms with E-state index in [9.17, 15) is 13.6 Å². The number of hydrogen-bond acceptors (Lipinski definition) is 4. The highest BCUT2D eigenvalue weighted by Crippen LogP contribution is 2.46. The Labute approximate surface area is 184 Å². The van der Waals surface area contributed by atoms with Crippen LogP contribution in [0.4, 0.5) is 0 Å². The van der Waals surface area contributed by atoms with Crippen molar-refractivity contribution in [3.05, 3.63) is 101 Å². The molecule has 1 aliphatic rings. The highest BCUT2D eigenvalue weighted by Gasteiger charge is 2.31. The van der Waals surface area contributed by atoms with E-state index in [0.29, 0.717) is 23.0 Å². The molecule has 4 nitrogen and oxygen atoms in total. The molecular formula is C26H23O4S-. The van der Waals surface area contributed by atoms with Crippen molar-refractivity contribution < 1.29 is 18.3 Å². The lowest BCUT2D eigenvalue weighted by molar-refractivity contribution is -0.108. The lowest BCUT2D eigenvalue weighted by atomic mass is 9.83. The van der Waals surface area contributed by atoms with Crippen LogP contribution in [0, 0.1) is 0 Å². The second kappa shape index (κ2) is 9.00. The van der Waals surface area contributed by atoms with Gasteiger partial charge in [0, 0.05) is 22.5 Å². The fourth-order valence-corrected chi connectivity index (χ4v) is 4.36. The number of aldehydes is 1. The number of hydrogen-bond donors (Lipinski definition) is 0. The van der Waals surface area contributed by atoms with Crippen molar-refractivity contribution >= 4 is 28.7 Å². The number of fused-ring (bicyclic) bond motifs is 1. The summed E-state index contributed by atoms with van der Waals surface area (Å²) in [5.41, 5.74) is 5.29. The minimum Gasteiger partial charge on any atom is -0.772 e. The summed E-state index contributed by atoms with van der Waals surface area (Å²) in [6, 6.07) is 23.0. The van der Waals surface area contributed by atoms with E-state index in [0.717, 1.165) is 28.5 Å². The van der Waals surface area contributed by atoms with Gasteiger partial charge in [-0.15, -0.1) is 0 Å². The maximum atomic E-state index is 12.3. The third kappa shape index (κ3) is 4.38. The van der Waals surface area contributed by atoms with Crippen LogP contribution in [0.25, 0.3) is 11.3 Å². The third-order valence-corrected chi connectivity index (χ3v) is 6.12. The first kappa shape index (κ1) is 21.2. The van der Waals surface area contributed by atoms with E-state index >= 15 is 0 Å². The Kier molecular flexibility index (Phi) is 6.16. The molecule has 0 bridgehead atoms. The van der Waals surface area contributed by atoms with Gasteiger partial charge in [0.1, 0.15) is 17.8 Å². The van der Waals surface area contributed by atoms with Gasteiger partial charge in [-0.3, -0.25) is 4.21 Å². The van der Waals surface area contributed by atoms with Crippen LogP contribution in [0.5, 0.6) is 5.75 Å². The molecule has 2 atom stereocenters. The minimum atomic E-state index is -2.15. The van der Waals surface area contributed by atoms with Crippen molar-refractivity contribution in [1.82, 2.24) is 0 Å². The Hall–Kier alpha value is -3.02. The van der Waals surface area contributed by atoms with Crippen LogP contribution in [0.1, 0.15) is 53.5 Å². The number of para-hydroxylation sites is 1. The fourth-order valence-electron chi connectivity index (χ4n) is 3.89. The first-order chi connectivity index (χ1) is 15.0. The predicted octanol–water partition coefficient (Wildman–Crippen LogP) is 5.43. The summed E-state index contributed by atoms with van der Waals surface area (Å²) in [6.45, 7) is 4.29. The second-order valence-electron chi connectivity index (χ2n) is 7.92. The van der Waals surface area contributed by atoms with E-state index in [1.807, 2.05) is 48.5 Å². The molecule has 0 saturated heterocycles. The third-order valence-electron chi connectivity index (χ3n) is 5.55. The summed E-state index contributed by atoms with van der Waals surface area (Å²) in [5, 5.41) is 0. The Morgan fingerprint density at radius 3 is 2.23 bits per heavy atom. The van der Waals surface area contributed by atoms with Gasteiger partial charge >= 0.3 is 0 Å². The first-order valence-corrected chi connectivity index (χ1v) is 11.4. The van der Waals surface area contributed by atoms with Gasteiger partial charge in [0.15, 0.2) is 0 Å². The van der Waals surface area contributed by atoms with Crippen molar-refractivity contribution in [2.75, 3.05) is 0 Å². The smallest absolute Gasteiger partial charge is 0.139 e. The quantitative estimate of drug-likeness (QED) is 0.385. The standard InChI is InChI=1S/C26H24O4S/c1-17(2)19-11-13-20(14-12-19)25-23(15-27)22-5-3-4-6-24(22)30-26(25)21-9-7-18(8-10-21)16-31(28)29/h3-15,17,23H,16H2,1-2H3,(H,28,29)/p-1. The van der Waals surface area contributed by atoms with Gasteiger partial charge in [0.05, 0.1) is 5.92 Å². The fraction of sp³-hybridized carbons (Fsp3) is 0.192. The maximum Gasteiger partial charge on any atom is 0.139 e. The molecule has 31 heavy (non-hydrogen) atoms. The molecular weight excluding hydrogens is 408 g/mol. The van der Waals surface area contributed by atoms with E-state index < -0.39 is 17.0 Å². The molecule has 3 aromatic carbocycles. The molecule has 0 saturated carbocycles. The zero-order valence-electron chi connectivity index (χ0n) is 17.4. The minimum absolute atomic E-state index is 0.0382. The van der Waals surface area contributed by atoms with Gasteiger partial charge in [0.25, 0.3) is 0 Å². The van der Waals surface area contributed by atoms with Gasteiger partial charge < -0.3 is 14.1 Å². The zero-order valence-corrected chi connectivity index (χ0v) is 18.2. The molecule has 3 aromatic rings. The largest absolute Gasteiger partial charge is 0.772 e. The van der Waals surface area contributed by atoms with Crippen LogP contribution in [0.15, 0.2) is 72.8 Å².